The van der Waals surface area contributed by atoms with Crippen LogP contribution < -0.4 is 5.32 Å². The zero-order valence-corrected chi connectivity index (χ0v) is 11.9. The van der Waals surface area contributed by atoms with Gasteiger partial charge in [-0.2, -0.15) is 0 Å². The van der Waals surface area contributed by atoms with Gasteiger partial charge in [0.15, 0.2) is 0 Å². The molecular weight excluding hydrogens is 290 g/mol. The van der Waals surface area contributed by atoms with E-state index in [9.17, 15) is 0 Å². The number of nitrogens with zero attached hydrogens (tertiary/aromatic N) is 2. The molecule has 0 bridgehead atoms. The fourth-order valence-corrected chi connectivity index (χ4v) is 2.24. The Bertz CT molecular complexity index is 514. The standard InChI is InChI=1S/C14H16BrN3/c1-2-12-4-3-5-18-14(12)10-17-8-11-6-13(15)9-16-7-11/h3-7,9,17H,2,8,10H2,1H3. The molecule has 0 atom stereocenters. The number of rotatable bonds is 5. The number of aryl methyl sites for hydroxylation is 1. The van der Waals surface area contributed by atoms with Gasteiger partial charge in [-0.05, 0) is 45.6 Å². The summed E-state index contributed by atoms with van der Waals surface area (Å²) in [7, 11) is 0. The second-order valence-corrected chi connectivity index (χ2v) is 4.99. The van der Waals surface area contributed by atoms with E-state index in [1.54, 1.807) is 6.20 Å². The van der Waals surface area contributed by atoms with E-state index >= 15 is 0 Å². The fraction of sp³-hybridized carbons (Fsp3) is 0.286. The summed E-state index contributed by atoms with van der Waals surface area (Å²) in [5.41, 5.74) is 3.60. The van der Waals surface area contributed by atoms with Crippen LogP contribution in [0.4, 0.5) is 0 Å². The average Bonchev–Trinajstić information content (AvgIpc) is 2.39. The smallest absolute Gasteiger partial charge is 0.0573 e. The Morgan fingerprint density at radius 3 is 2.94 bits per heavy atom. The van der Waals surface area contributed by atoms with E-state index in [0.29, 0.717) is 0 Å². The maximum absolute atomic E-state index is 4.41. The molecule has 0 aromatic carbocycles. The molecule has 0 aliphatic carbocycles. The summed E-state index contributed by atoms with van der Waals surface area (Å²) in [6.45, 7) is 3.74. The third-order valence-electron chi connectivity index (χ3n) is 2.75. The lowest BCUT2D eigenvalue weighted by Gasteiger charge is -2.08. The molecule has 2 aromatic rings. The minimum Gasteiger partial charge on any atom is -0.307 e. The van der Waals surface area contributed by atoms with Gasteiger partial charge in [0.05, 0.1) is 5.69 Å². The molecule has 0 fully saturated rings. The number of hydrogen-bond acceptors (Lipinski definition) is 3. The highest BCUT2D eigenvalue weighted by Crippen LogP contribution is 2.10. The first-order valence-corrected chi connectivity index (χ1v) is 6.82. The first kappa shape index (κ1) is 13.2. The van der Waals surface area contributed by atoms with Gasteiger partial charge in [0.2, 0.25) is 0 Å². The zero-order chi connectivity index (χ0) is 12.8. The van der Waals surface area contributed by atoms with Gasteiger partial charge < -0.3 is 5.32 Å². The van der Waals surface area contributed by atoms with Crippen LogP contribution in [0, 0.1) is 0 Å². The molecule has 2 rings (SSSR count). The van der Waals surface area contributed by atoms with Crippen LogP contribution in [-0.4, -0.2) is 9.97 Å². The van der Waals surface area contributed by atoms with Crippen molar-refractivity contribution < 1.29 is 0 Å². The van der Waals surface area contributed by atoms with E-state index in [-0.39, 0.29) is 0 Å². The van der Waals surface area contributed by atoms with Crippen molar-refractivity contribution in [1.29, 1.82) is 0 Å². The van der Waals surface area contributed by atoms with Crippen LogP contribution in [0.2, 0.25) is 0 Å². The maximum atomic E-state index is 4.41. The Labute approximate surface area is 116 Å². The summed E-state index contributed by atoms with van der Waals surface area (Å²) in [5, 5.41) is 3.40. The first-order valence-electron chi connectivity index (χ1n) is 6.02. The number of aromatic nitrogens is 2. The normalized spacial score (nSPS) is 10.6. The van der Waals surface area contributed by atoms with E-state index in [2.05, 4.69) is 50.3 Å². The first-order chi connectivity index (χ1) is 8.79. The summed E-state index contributed by atoms with van der Waals surface area (Å²) >= 11 is 3.42. The monoisotopic (exact) mass is 305 g/mol. The van der Waals surface area contributed by atoms with Gasteiger partial charge in [0.1, 0.15) is 0 Å². The second-order valence-electron chi connectivity index (χ2n) is 4.08. The number of pyridine rings is 2. The Morgan fingerprint density at radius 2 is 2.17 bits per heavy atom. The number of hydrogen-bond donors (Lipinski definition) is 1. The molecule has 0 saturated heterocycles. The minimum atomic E-state index is 0.788. The van der Waals surface area contributed by atoms with Crippen LogP contribution in [-0.2, 0) is 19.5 Å². The van der Waals surface area contributed by atoms with Crippen molar-refractivity contribution in [3.05, 3.63) is 58.1 Å². The average molecular weight is 306 g/mol. The third kappa shape index (κ3) is 3.62. The second kappa shape index (κ2) is 6.61. The van der Waals surface area contributed by atoms with Crippen molar-refractivity contribution in [2.75, 3.05) is 0 Å². The van der Waals surface area contributed by atoms with Gasteiger partial charge in [-0.15, -0.1) is 0 Å². The summed E-state index contributed by atoms with van der Waals surface area (Å²) in [5.74, 6) is 0. The molecule has 0 radical (unpaired) electrons. The molecule has 2 aromatic heterocycles. The van der Waals surface area contributed by atoms with Crippen LogP contribution in [0.1, 0.15) is 23.7 Å². The van der Waals surface area contributed by atoms with Crippen LogP contribution in [0.25, 0.3) is 0 Å². The van der Waals surface area contributed by atoms with Crippen LogP contribution >= 0.6 is 15.9 Å². The molecule has 0 aliphatic rings. The molecule has 94 valence electrons. The lowest BCUT2D eigenvalue weighted by Crippen LogP contribution is -2.15. The molecule has 0 aliphatic heterocycles. The van der Waals surface area contributed by atoms with Crippen molar-refractivity contribution >= 4 is 15.9 Å². The Morgan fingerprint density at radius 1 is 1.28 bits per heavy atom. The van der Waals surface area contributed by atoms with E-state index in [4.69, 9.17) is 0 Å². The molecule has 4 heteroatoms. The predicted molar refractivity (Wildman–Crippen MR) is 76.1 cm³/mol. The van der Waals surface area contributed by atoms with Crippen molar-refractivity contribution in [3.63, 3.8) is 0 Å². The van der Waals surface area contributed by atoms with E-state index < -0.39 is 0 Å². The van der Waals surface area contributed by atoms with Gasteiger partial charge in [0.25, 0.3) is 0 Å². The van der Waals surface area contributed by atoms with Crippen molar-refractivity contribution in [1.82, 2.24) is 15.3 Å². The van der Waals surface area contributed by atoms with E-state index in [1.807, 2.05) is 18.5 Å². The van der Waals surface area contributed by atoms with Gasteiger partial charge in [-0.25, -0.2) is 0 Å². The quantitative estimate of drug-likeness (QED) is 0.922. The highest BCUT2D eigenvalue weighted by molar-refractivity contribution is 9.10. The molecule has 18 heavy (non-hydrogen) atoms. The van der Waals surface area contributed by atoms with Crippen molar-refractivity contribution in [2.24, 2.45) is 0 Å². The molecule has 0 saturated carbocycles. The lowest BCUT2D eigenvalue weighted by atomic mass is 10.1. The molecule has 0 unspecified atom stereocenters. The van der Waals surface area contributed by atoms with Crippen molar-refractivity contribution in [3.8, 4) is 0 Å². The Balaban J connectivity index is 1.92. The van der Waals surface area contributed by atoms with E-state index in [0.717, 1.165) is 29.7 Å². The molecule has 2 heterocycles. The minimum absolute atomic E-state index is 0.788. The fourth-order valence-electron chi connectivity index (χ4n) is 1.83. The SMILES string of the molecule is CCc1cccnc1CNCc1cncc(Br)c1. The summed E-state index contributed by atoms with van der Waals surface area (Å²) in [4.78, 5) is 8.55. The van der Waals surface area contributed by atoms with Gasteiger partial charge in [-0.3, -0.25) is 9.97 Å². The third-order valence-corrected chi connectivity index (χ3v) is 3.18. The molecule has 1 N–H and O–H groups in total. The topological polar surface area (TPSA) is 37.8 Å². The van der Waals surface area contributed by atoms with Crippen LogP contribution in [0.15, 0.2) is 41.3 Å². The Kier molecular flexibility index (Phi) is 4.84. The van der Waals surface area contributed by atoms with Gasteiger partial charge in [0, 0.05) is 36.2 Å². The van der Waals surface area contributed by atoms with Gasteiger partial charge in [-0.1, -0.05) is 13.0 Å². The zero-order valence-electron chi connectivity index (χ0n) is 10.4. The molecule has 0 amide bonds. The largest absolute Gasteiger partial charge is 0.307 e. The predicted octanol–water partition coefficient (Wildman–Crippen LogP) is 3.09. The summed E-state index contributed by atoms with van der Waals surface area (Å²) in [6.07, 6.45) is 6.52. The molecular formula is C14H16BrN3. The number of nitrogens with one attached hydrogen (secondary N) is 1. The van der Waals surface area contributed by atoms with Crippen molar-refractivity contribution in [2.45, 2.75) is 26.4 Å². The number of halogens is 1. The van der Waals surface area contributed by atoms with Crippen LogP contribution in [0.3, 0.4) is 0 Å². The lowest BCUT2D eigenvalue weighted by molar-refractivity contribution is 0.671. The Hall–Kier alpha value is -1.26. The summed E-state index contributed by atoms with van der Waals surface area (Å²) < 4.78 is 1.01. The highest BCUT2D eigenvalue weighted by atomic mass is 79.9. The van der Waals surface area contributed by atoms with Crippen LogP contribution in [0.5, 0.6) is 0 Å². The van der Waals surface area contributed by atoms with E-state index in [1.165, 1.54) is 11.1 Å². The van der Waals surface area contributed by atoms with Gasteiger partial charge >= 0.3 is 0 Å². The maximum Gasteiger partial charge on any atom is 0.0573 e. The molecule has 3 nitrogen and oxygen atoms in total. The molecule has 0 spiro atoms. The highest BCUT2D eigenvalue weighted by Gasteiger charge is 2.01. The summed E-state index contributed by atoms with van der Waals surface area (Å²) in [6, 6.07) is 6.18.